The summed E-state index contributed by atoms with van der Waals surface area (Å²) >= 11 is 0. The molecule has 1 aliphatic heterocycles. The number of hydrogen-bond acceptors (Lipinski definition) is 4. The Labute approximate surface area is 110 Å². The van der Waals surface area contributed by atoms with Gasteiger partial charge in [0.15, 0.2) is 0 Å². The van der Waals surface area contributed by atoms with Crippen LogP contribution in [0.15, 0.2) is 0 Å². The van der Waals surface area contributed by atoms with Gasteiger partial charge < -0.3 is 20.1 Å². The maximum absolute atomic E-state index is 11.7. The molecule has 106 valence electrons. The molecular weight excluding hydrogens is 232 g/mol. The summed E-state index contributed by atoms with van der Waals surface area (Å²) in [7, 11) is 0. The lowest BCUT2D eigenvalue weighted by atomic mass is 10.0. The van der Waals surface area contributed by atoms with Crippen LogP contribution >= 0.6 is 0 Å². The van der Waals surface area contributed by atoms with Crippen LogP contribution < -0.4 is 10.6 Å². The Kier molecular flexibility index (Phi) is 5.41. The quantitative estimate of drug-likeness (QED) is 0.785. The van der Waals surface area contributed by atoms with Crippen LogP contribution in [0.2, 0.25) is 0 Å². The summed E-state index contributed by atoms with van der Waals surface area (Å²) in [6.45, 7) is 12.0. The van der Waals surface area contributed by atoms with Crippen molar-refractivity contribution in [2.45, 2.75) is 52.3 Å². The number of carbonyl (C=O) groups excluding carboxylic acids is 1. The molecule has 0 aromatic heterocycles. The summed E-state index contributed by atoms with van der Waals surface area (Å²) in [5.41, 5.74) is -0.457. The summed E-state index contributed by atoms with van der Waals surface area (Å²) in [5, 5.41) is 6.29. The predicted octanol–water partition coefficient (Wildman–Crippen LogP) is 1.52. The number of carbonyl (C=O) groups is 1. The monoisotopic (exact) mass is 258 g/mol. The molecular formula is C13H26N2O3. The third-order valence-corrected chi connectivity index (χ3v) is 2.77. The van der Waals surface area contributed by atoms with Gasteiger partial charge in [-0.3, -0.25) is 0 Å². The van der Waals surface area contributed by atoms with Crippen molar-refractivity contribution >= 4 is 6.09 Å². The van der Waals surface area contributed by atoms with Gasteiger partial charge in [0, 0.05) is 12.6 Å². The van der Waals surface area contributed by atoms with E-state index in [1.165, 1.54) is 0 Å². The molecule has 1 saturated heterocycles. The molecule has 1 atom stereocenters. The van der Waals surface area contributed by atoms with Crippen LogP contribution in [-0.2, 0) is 9.47 Å². The molecule has 18 heavy (non-hydrogen) atoms. The van der Waals surface area contributed by atoms with Gasteiger partial charge in [0.05, 0.1) is 19.3 Å². The van der Waals surface area contributed by atoms with Crippen molar-refractivity contribution in [1.29, 1.82) is 0 Å². The van der Waals surface area contributed by atoms with Crippen molar-refractivity contribution in [2.75, 3.05) is 19.8 Å². The van der Waals surface area contributed by atoms with Crippen LogP contribution in [0.25, 0.3) is 0 Å². The Bertz CT molecular complexity index is 270. The van der Waals surface area contributed by atoms with Gasteiger partial charge in [0.25, 0.3) is 0 Å². The molecule has 5 nitrogen and oxygen atoms in total. The Morgan fingerprint density at radius 3 is 2.39 bits per heavy atom. The van der Waals surface area contributed by atoms with Crippen molar-refractivity contribution in [3.8, 4) is 0 Å². The second-order valence-electron chi connectivity index (χ2n) is 6.14. The molecule has 0 spiro atoms. The van der Waals surface area contributed by atoms with E-state index in [-0.39, 0.29) is 12.1 Å². The minimum Gasteiger partial charge on any atom is -0.444 e. The minimum absolute atomic E-state index is 0.0699. The predicted molar refractivity (Wildman–Crippen MR) is 70.6 cm³/mol. The average Bonchev–Trinajstić information content (AvgIpc) is 2.10. The first kappa shape index (κ1) is 15.2. The lowest BCUT2D eigenvalue weighted by Crippen LogP contribution is -2.53. The molecule has 2 N–H and O–H groups in total. The maximum Gasteiger partial charge on any atom is 0.407 e. The molecule has 0 saturated carbocycles. The molecule has 0 radical (unpaired) electrons. The highest BCUT2D eigenvalue weighted by molar-refractivity contribution is 5.68. The van der Waals surface area contributed by atoms with Crippen LogP contribution in [0, 0.1) is 5.92 Å². The summed E-state index contributed by atoms with van der Waals surface area (Å²) in [4.78, 5) is 11.7. The largest absolute Gasteiger partial charge is 0.444 e. The smallest absolute Gasteiger partial charge is 0.407 e. The highest BCUT2D eigenvalue weighted by Gasteiger charge is 2.24. The zero-order valence-corrected chi connectivity index (χ0v) is 12.1. The Morgan fingerprint density at radius 1 is 1.39 bits per heavy atom. The van der Waals surface area contributed by atoms with Gasteiger partial charge in [-0.1, -0.05) is 13.8 Å². The number of hydrogen-bond donors (Lipinski definition) is 2. The Hall–Kier alpha value is -0.810. The first-order chi connectivity index (χ1) is 8.28. The molecule has 0 aromatic carbocycles. The van der Waals surface area contributed by atoms with Crippen LogP contribution in [0.5, 0.6) is 0 Å². The summed E-state index contributed by atoms with van der Waals surface area (Å²) in [6.07, 6.45) is -0.354. The normalized spacial score (nSPS) is 18.3. The van der Waals surface area contributed by atoms with Gasteiger partial charge in [-0.2, -0.15) is 0 Å². The molecule has 1 aliphatic rings. The van der Waals surface area contributed by atoms with Gasteiger partial charge in [-0.25, -0.2) is 4.79 Å². The molecule has 5 heteroatoms. The van der Waals surface area contributed by atoms with Gasteiger partial charge in [0.1, 0.15) is 5.60 Å². The number of nitrogens with one attached hydrogen (secondary N) is 2. The van der Waals surface area contributed by atoms with E-state index < -0.39 is 5.60 Å². The molecule has 0 aliphatic carbocycles. The van der Waals surface area contributed by atoms with Gasteiger partial charge in [-0.05, 0) is 26.7 Å². The lowest BCUT2D eigenvalue weighted by Gasteiger charge is -2.31. The topological polar surface area (TPSA) is 59.6 Å². The molecule has 1 heterocycles. The van der Waals surface area contributed by atoms with Crippen LogP contribution in [0.3, 0.4) is 0 Å². The van der Waals surface area contributed by atoms with Crippen LogP contribution in [-0.4, -0.2) is 43.5 Å². The van der Waals surface area contributed by atoms with Gasteiger partial charge in [-0.15, -0.1) is 0 Å². The van der Waals surface area contributed by atoms with E-state index in [0.717, 1.165) is 19.8 Å². The lowest BCUT2D eigenvalue weighted by molar-refractivity contribution is -0.00663. The van der Waals surface area contributed by atoms with Gasteiger partial charge in [0.2, 0.25) is 0 Å². The first-order valence-electron chi connectivity index (χ1n) is 6.58. The minimum atomic E-state index is -0.457. The zero-order chi connectivity index (χ0) is 13.8. The fourth-order valence-electron chi connectivity index (χ4n) is 1.56. The van der Waals surface area contributed by atoms with Crippen molar-refractivity contribution in [2.24, 2.45) is 5.92 Å². The third-order valence-electron chi connectivity index (χ3n) is 2.77. The molecule has 1 fully saturated rings. The number of alkyl carbamates (subject to hydrolysis) is 1. The molecule has 1 unspecified atom stereocenters. The third kappa shape index (κ3) is 5.69. The number of ether oxygens (including phenoxy) is 2. The molecule has 1 rings (SSSR count). The maximum atomic E-state index is 11.7. The SMILES string of the molecule is CC(C)C(CNC1COC1)NC(=O)OC(C)(C)C. The molecule has 0 bridgehead atoms. The summed E-state index contributed by atoms with van der Waals surface area (Å²) in [5.74, 6) is 0.353. The summed E-state index contributed by atoms with van der Waals surface area (Å²) < 4.78 is 10.4. The highest BCUT2D eigenvalue weighted by Crippen LogP contribution is 2.09. The number of amides is 1. The van der Waals surface area contributed by atoms with Crippen molar-refractivity contribution < 1.29 is 14.3 Å². The van der Waals surface area contributed by atoms with Crippen molar-refractivity contribution in [3.05, 3.63) is 0 Å². The number of rotatable bonds is 5. The van der Waals surface area contributed by atoms with E-state index in [9.17, 15) is 4.79 Å². The second-order valence-corrected chi connectivity index (χ2v) is 6.14. The fraction of sp³-hybridized carbons (Fsp3) is 0.923. The van der Waals surface area contributed by atoms with Crippen molar-refractivity contribution in [1.82, 2.24) is 10.6 Å². The van der Waals surface area contributed by atoms with E-state index in [1.54, 1.807) is 0 Å². The first-order valence-corrected chi connectivity index (χ1v) is 6.58. The zero-order valence-electron chi connectivity index (χ0n) is 12.1. The Balaban J connectivity index is 2.34. The van der Waals surface area contributed by atoms with Crippen LogP contribution in [0.1, 0.15) is 34.6 Å². The van der Waals surface area contributed by atoms with E-state index in [1.807, 2.05) is 20.8 Å². The van der Waals surface area contributed by atoms with E-state index in [2.05, 4.69) is 24.5 Å². The molecule has 1 amide bonds. The van der Waals surface area contributed by atoms with E-state index >= 15 is 0 Å². The van der Waals surface area contributed by atoms with Gasteiger partial charge >= 0.3 is 6.09 Å². The van der Waals surface area contributed by atoms with Crippen LogP contribution in [0.4, 0.5) is 4.79 Å². The summed E-state index contributed by atoms with van der Waals surface area (Å²) in [6, 6.07) is 0.493. The Morgan fingerprint density at radius 2 is 2.00 bits per heavy atom. The standard InChI is InChI=1S/C13H26N2O3/c1-9(2)11(6-14-10-7-17-8-10)15-12(16)18-13(3,4)5/h9-11,14H,6-8H2,1-5H3,(H,15,16). The van der Waals surface area contributed by atoms with E-state index in [4.69, 9.17) is 9.47 Å². The molecule has 0 aromatic rings. The highest BCUT2D eigenvalue weighted by atomic mass is 16.6. The van der Waals surface area contributed by atoms with Crippen molar-refractivity contribution in [3.63, 3.8) is 0 Å². The average molecular weight is 258 g/mol. The fourth-order valence-corrected chi connectivity index (χ4v) is 1.56. The van der Waals surface area contributed by atoms with E-state index in [0.29, 0.717) is 12.0 Å². The second kappa shape index (κ2) is 6.38.